The van der Waals surface area contributed by atoms with Crippen molar-refractivity contribution in [3.63, 3.8) is 0 Å². The molecule has 0 aromatic heterocycles. The van der Waals surface area contributed by atoms with Gasteiger partial charge in [0.2, 0.25) is 0 Å². The monoisotopic (exact) mass is 946 g/mol. The number of ketones is 2. The molecule has 9 aromatic carbocycles. The molecule has 2 nitrogen and oxygen atoms in total. The Bertz CT molecular complexity index is 3510. The molecule has 74 heavy (non-hydrogen) atoms. The molecular formula is C72H50O2. The third-order valence-corrected chi connectivity index (χ3v) is 13.7. The average Bonchev–Trinajstić information content (AvgIpc) is 3.96. The highest BCUT2D eigenvalue weighted by Gasteiger charge is 2.37. The molecule has 0 amide bonds. The van der Waals surface area contributed by atoms with Crippen molar-refractivity contribution in [3.05, 3.63) is 322 Å². The minimum atomic E-state index is -0.0221. The molecular weight excluding hydrogens is 897 g/mol. The van der Waals surface area contributed by atoms with Crippen molar-refractivity contribution >= 4 is 56.2 Å². The van der Waals surface area contributed by atoms with Crippen LogP contribution in [0, 0.1) is 23.7 Å². The summed E-state index contributed by atoms with van der Waals surface area (Å²) in [5.41, 5.74) is 17.8. The summed E-state index contributed by atoms with van der Waals surface area (Å²) in [6.45, 7) is 0. The maximum Gasteiger partial charge on any atom is 0.195 e. The second kappa shape index (κ2) is 21.8. The molecule has 2 aliphatic carbocycles. The number of hydrogen-bond donors (Lipinski definition) is 0. The molecule has 0 spiro atoms. The van der Waals surface area contributed by atoms with E-state index in [1.54, 1.807) is 0 Å². The largest absolute Gasteiger partial charge is 0.289 e. The molecule has 0 atom stereocenters. The summed E-state index contributed by atoms with van der Waals surface area (Å²) in [4.78, 5) is 30.6. The maximum atomic E-state index is 15.3. The van der Waals surface area contributed by atoms with Gasteiger partial charge in [-0.25, -0.2) is 0 Å². The van der Waals surface area contributed by atoms with Gasteiger partial charge in [0.1, 0.15) is 0 Å². The zero-order valence-electron chi connectivity index (χ0n) is 40.9. The lowest BCUT2D eigenvalue weighted by Gasteiger charge is -2.17. The fourth-order valence-electron chi connectivity index (χ4n) is 10.1. The zero-order chi connectivity index (χ0) is 50.1. The Morgan fingerprint density at radius 3 is 0.595 bits per heavy atom. The normalized spacial score (nSPS) is 13.2. The molecule has 2 aliphatic rings. The second-order valence-electron chi connectivity index (χ2n) is 18.5. The van der Waals surface area contributed by atoms with Gasteiger partial charge in [0.25, 0.3) is 0 Å². The number of carbonyl (C=O) groups excluding carboxylic acids is 2. The second-order valence-corrected chi connectivity index (χ2v) is 18.5. The Morgan fingerprint density at radius 2 is 0.365 bits per heavy atom. The summed E-state index contributed by atoms with van der Waals surface area (Å²) in [5, 5.41) is 0. The van der Waals surface area contributed by atoms with Crippen molar-refractivity contribution in [2.45, 2.75) is 25.7 Å². The third kappa shape index (κ3) is 9.87. The molecule has 2 heteroatoms. The van der Waals surface area contributed by atoms with Gasteiger partial charge < -0.3 is 0 Å². The summed E-state index contributed by atoms with van der Waals surface area (Å²) in [7, 11) is 0. The molecule has 11 rings (SSSR count). The number of Topliss-reactive ketones (excluding diaryl/α,β-unsaturated/α-hetero) is 2. The van der Waals surface area contributed by atoms with Crippen LogP contribution in [0.1, 0.15) is 66.8 Å². The molecule has 0 unspecified atom stereocenters. The lowest BCUT2D eigenvalue weighted by atomic mass is 9.86. The van der Waals surface area contributed by atoms with Gasteiger partial charge >= 0.3 is 0 Å². The highest BCUT2D eigenvalue weighted by atomic mass is 16.1. The number of allylic oxidation sites excluding steroid dienone is 8. The van der Waals surface area contributed by atoms with E-state index < -0.39 is 0 Å². The number of hydrogen-bond acceptors (Lipinski definition) is 2. The molecule has 0 bridgehead atoms. The van der Waals surface area contributed by atoms with Crippen LogP contribution in [0.5, 0.6) is 0 Å². The standard InChI is InChI=1S/C72H50O2/c73-71-67(55-31-11-3-12-32-55)63(59-43-39-53(40-44-59)29-21-19-27-51-23-7-1-8-24-51)65(69(71)57-35-15-5-16-36-57)61-47-49-62(50-48-61)66-64(60-45-41-54(42-46-60)30-22-20-28-52-25-9-2-10-26-52)68(56-33-13-4-14-34-56)72(74)70(66)58-37-17-6-18-38-58/h1-18,23-26,31-50H,27-30H2. The van der Waals surface area contributed by atoms with Gasteiger partial charge in [-0.15, -0.1) is 0 Å². The summed E-state index contributed by atoms with van der Waals surface area (Å²) in [6.07, 6.45) is 2.65. The SMILES string of the molecule is O=C1C(c2ccccc2)=C(c2ccc(CC#CCc3ccccc3)cc2)C(c2ccc(C3=C(c4ccccc4)C(=O)C(c4ccccc4)=C3c3ccc(CC#CCc4ccccc4)cc3)cc2)=C1c1ccccc1. The summed E-state index contributed by atoms with van der Waals surface area (Å²) >= 11 is 0. The van der Waals surface area contributed by atoms with Gasteiger partial charge in [-0.05, 0) is 66.8 Å². The van der Waals surface area contributed by atoms with Gasteiger partial charge in [0.15, 0.2) is 11.6 Å². The quantitative estimate of drug-likeness (QED) is 0.114. The summed E-state index contributed by atoms with van der Waals surface area (Å²) in [5.74, 6) is 13.4. The maximum absolute atomic E-state index is 15.3. The minimum absolute atomic E-state index is 0.0221. The summed E-state index contributed by atoms with van der Waals surface area (Å²) < 4.78 is 0. The molecule has 0 saturated heterocycles. The fourth-order valence-corrected chi connectivity index (χ4v) is 10.1. The Morgan fingerprint density at radius 1 is 0.189 bits per heavy atom. The van der Waals surface area contributed by atoms with Crippen molar-refractivity contribution in [1.29, 1.82) is 0 Å². The molecule has 0 heterocycles. The van der Waals surface area contributed by atoms with E-state index >= 15 is 9.59 Å². The van der Waals surface area contributed by atoms with Crippen LogP contribution in [0.4, 0.5) is 0 Å². The van der Waals surface area contributed by atoms with Crippen LogP contribution in [-0.4, -0.2) is 11.6 Å². The van der Waals surface area contributed by atoms with Crippen LogP contribution in [0.15, 0.2) is 255 Å². The van der Waals surface area contributed by atoms with Crippen molar-refractivity contribution in [1.82, 2.24) is 0 Å². The number of carbonyl (C=O) groups is 2. The van der Waals surface area contributed by atoms with E-state index in [1.807, 2.05) is 158 Å². The molecule has 0 saturated carbocycles. The Hall–Kier alpha value is -9.60. The molecule has 0 fully saturated rings. The van der Waals surface area contributed by atoms with Gasteiger partial charge in [-0.3, -0.25) is 9.59 Å². The van der Waals surface area contributed by atoms with Crippen LogP contribution >= 0.6 is 0 Å². The molecule has 350 valence electrons. The van der Waals surface area contributed by atoms with E-state index in [4.69, 9.17) is 0 Å². The van der Waals surface area contributed by atoms with E-state index in [1.165, 1.54) is 11.1 Å². The van der Waals surface area contributed by atoms with Gasteiger partial charge in [-0.2, -0.15) is 0 Å². The van der Waals surface area contributed by atoms with Crippen LogP contribution in [0.25, 0.3) is 44.6 Å². The van der Waals surface area contributed by atoms with Gasteiger partial charge in [0, 0.05) is 70.3 Å². The van der Waals surface area contributed by atoms with Gasteiger partial charge in [0.05, 0.1) is 0 Å². The minimum Gasteiger partial charge on any atom is -0.289 e. The highest BCUT2D eigenvalue weighted by Crippen LogP contribution is 2.52. The first-order valence-electron chi connectivity index (χ1n) is 25.2. The van der Waals surface area contributed by atoms with E-state index in [-0.39, 0.29) is 11.6 Å². The molecule has 9 aromatic rings. The van der Waals surface area contributed by atoms with Crippen molar-refractivity contribution in [2.75, 3.05) is 0 Å². The van der Waals surface area contributed by atoms with Crippen molar-refractivity contribution in [2.24, 2.45) is 0 Å². The van der Waals surface area contributed by atoms with Crippen molar-refractivity contribution < 1.29 is 9.59 Å². The predicted octanol–water partition coefficient (Wildman–Crippen LogP) is 15.5. The Balaban J connectivity index is 1.02. The van der Waals surface area contributed by atoms with E-state index in [2.05, 4.69) is 121 Å². The highest BCUT2D eigenvalue weighted by molar-refractivity contribution is 6.60. The summed E-state index contributed by atoms with van der Waals surface area (Å²) in [6, 6.07) is 86.2. The third-order valence-electron chi connectivity index (χ3n) is 13.7. The first-order chi connectivity index (χ1) is 36.6. The Kier molecular flexibility index (Phi) is 13.8. The van der Waals surface area contributed by atoms with Gasteiger partial charge in [-0.1, -0.05) is 278 Å². The molecule has 0 N–H and O–H groups in total. The Labute approximate surface area is 434 Å². The van der Waals surface area contributed by atoms with Crippen LogP contribution in [0.2, 0.25) is 0 Å². The molecule has 0 aliphatic heterocycles. The first-order valence-corrected chi connectivity index (χ1v) is 25.2. The zero-order valence-corrected chi connectivity index (χ0v) is 40.9. The lowest BCUT2D eigenvalue weighted by Crippen LogP contribution is -2.02. The number of benzene rings is 9. The average molecular weight is 947 g/mol. The topological polar surface area (TPSA) is 34.1 Å². The van der Waals surface area contributed by atoms with Crippen molar-refractivity contribution in [3.8, 4) is 23.7 Å². The van der Waals surface area contributed by atoms with E-state index in [0.717, 1.165) is 77.9 Å². The smallest absolute Gasteiger partial charge is 0.195 e. The fraction of sp³-hybridized carbons (Fsp3) is 0.0556. The first kappa shape index (κ1) is 46.8. The van der Waals surface area contributed by atoms with Crippen LogP contribution in [-0.2, 0) is 35.3 Å². The van der Waals surface area contributed by atoms with Crippen LogP contribution < -0.4 is 0 Å². The predicted molar refractivity (Wildman–Crippen MR) is 306 cm³/mol. The molecule has 0 radical (unpaired) electrons. The van der Waals surface area contributed by atoms with E-state index in [0.29, 0.717) is 48.0 Å². The number of rotatable bonds is 12. The lowest BCUT2D eigenvalue weighted by molar-refractivity contribution is -0.109. The van der Waals surface area contributed by atoms with Crippen LogP contribution in [0.3, 0.4) is 0 Å². The van der Waals surface area contributed by atoms with E-state index in [9.17, 15) is 0 Å².